The number of alkyl halides is 3. The molecular formula is C18H25F3N2O4S. The monoisotopic (exact) mass is 422 g/mol. The molecule has 1 aromatic rings. The SMILES string of the molecule is CCN(CC)S(=O)(=O)c1ccc(O)c(NC(=O)C2CCCC(C(F)(F)F)C2)c1. The third kappa shape index (κ3) is 4.96. The lowest BCUT2D eigenvalue weighted by molar-refractivity contribution is -0.185. The van der Waals surface area contributed by atoms with Gasteiger partial charge in [-0.1, -0.05) is 20.3 Å². The maximum atomic E-state index is 13.0. The van der Waals surface area contributed by atoms with E-state index in [1.165, 1.54) is 10.4 Å². The average molecular weight is 422 g/mol. The smallest absolute Gasteiger partial charge is 0.391 e. The third-order valence-electron chi connectivity index (χ3n) is 5.08. The fourth-order valence-electron chi connectivity index (χ4n) is 3.45. The van der Waals surface area contributed by atoms with Gasteiger partial charge in [0, 0.05) is 19.0 Å². The molecule has 0 radical (unpaired) electrons. The van der Waals surface area contributed by atoms with E-state index in [0.29, 0.717) is 6.42 Å². The topological polar surface area (TPSA) is 86.7 Å². The Bertz CT molecular complexity index is 808. The Labute approximate surface area is 162 Å². The second kappa shape index (κ2) is 8.69. The predicted octanol–water partition coefficient (Wildman–Crippen LogP) is 3.73. The molecule has 0 bridgehead atoms. The number of amides is 1. The number of nitrogens with one attached hydrogen (secondary N) is 1. The van der Waals surface area contributed by atoms with Crippen LogP contribution in [0, 0.1) is 11.8 Å². The van der Waals surface area contributed by atoms with Gasteiger partial charge in [0.2, 0.25) is 15.9 Å². The number of benzene rings is 1. The van der Waals surface area contributed by atoms with Gasteiger partial charge >= 0.3 is 6.18 Å². The summed E-state index contributed by atoms with van der Waals surface area (Å²) >= 11 is 0. The molecule has 0 aliphatic heterocycles. The molecule has 28 heavy (non-hydrogen) atoms. The minimum atomic E-state index is -4.35. The first-order chi connectivity index (χ1) is 13.0. The van der Waals surface area contributed by atoms with E-state index in [-0.39, 0.29) is 48.7 Å². The zero-order valence-electron chi connectivity index (χ0n) is 15.8. The fourth-order valence-corrected chi connectivity index (χ4v) is 4.93. The molecule has 10 heteroatoms. The van der Waals surface area contributed by atoms with E-state index in [1.54, 1.807) is 13.8 Å². The molecule has 1 saturated carbocycles. The summed E-state index contributed by atoms with van der Waals surface area (Å²) < 4.78 is 65.3. The molecule has 1 aliphatic rings. The number of carbonyl (C=O) groups is 1. The van der Waals surface area contributed by atoms with E-state index >= 15 is 0 Å². The molecule has 0 heterocycles. The highest BCUT2D eigenvalue weighted by molar-refractivity contribution is 7.89. The number of nitrogens with zero attached hydrogens (tertiary/aromatic N) is 1. The summed E-state index contributed by atoms with van der Waals surface area (Å²) in [7, 11) is -3.81. The van der Waals surface area contributed by atoms with Crippen LogP contribution in [-0.2, 0) is 14.8 Å². The molecule has 0 spiro atoms. The first-order valence-corrected chi connectivity index (χ1v) is 10.6. The van der Waals surface area contributed by atoms with Crippen molar-refractivity contribution in [1.29, 1.82) is 0 Å². The van der Waals surface area contributed by atoms with Crippen molar-refractivity contribution >= 4 is 21.6 Å². The summed E-state index contributed by atoms with van der Waals surface area (Å²) in [6.07, 6.45) is -4.07. The van der Waals surface area contributed by atoms with Crippen LogP contribution < -0.4 is 5.32 Å². The van der Waals surface area contributed by atoms with Gasteiger partial charge in [-0.3, -0.25) is 4.79 Å². The zero-order chi connectivity index (χ0) is 21.1. The number of aromatic hydroxyl groups is 1. The summed E-state index contributed by atoms with van der Waals surface area (Å²) in [6, 6.07) is 3.50. The molecule has 158 valence electrons. The molecule has 2 rings (SSSR count). The minimum absolute atomic E-state index is 0.00384. The van der Waals surface area contributed by atoms with Crippen molar-refractivity contribution in [3.8, 4) is 5.75 Å². The zero-order valence-corrected chi connectivity index (χ0v) is 16.6. The Kier molecular flexibility index (Phi) is 6.97. The van der Waals surface area contributed by atoms with Crippen LogP contribution in [0.25, 0.3) is 0 Å². The van der Waals surface area contributed by atoms with Crippen molar-refractivity contribution in [2.75, 3.05) is 18.4 Å². The number of rotatable bonds is 6. The molecule has 2 atom stereocenters. The van der Waals surface area contributed by atoms with E-state index < -0.39 is 33.9 Å². The van der Waals surface area contributed by atoms with Crippen LogP contribution in [0.15, 0.2) is 23.1 Å². The van der Waals surface area contributed by atoms with Crippen molar-refractivity contribution in [2.24, 2.45) is 11.8 Å². The summed E-state index contributed by atoms with van der Waals surface area (Å²) in [6.45, 7) is 3.87. The summed E-state index contributed by atoms with van der Waals surface area (Å²) in [5.41, 5.74) is -0.132. The maximum absolute atomic E-state index is 13.0. The van der Waals surface area contributed by atoms with E-state index in [4.69, 9.17) is 0 Å². The Balaban J connectivity index is 2.21. The normalized spacial score (nSPS) is 20.9. The largest absolute Gasteiger partial charge is 0.506 e. The van der Waals surface area contributed by atoms with E-state index in [0.717, 1.165) is 12.1 Å². The Morgan fingerprint density at radius 1 is 1.25 bits per heavy atom. The van der Waals surface area contributed by atoms with Gasteiger partial charge in [0.05, 0.1) is 16.5 Å². The van der Waals surface area contributed by atoms with Crippen LogP contribution in [0.2, 0.25) is 0 Å². The van der Waals surface area contributed by atoms with Gasteiger partial charge in [-0.15, -0.1) is 0 Å². The molecule has 1 fully saturated rings. The molecule has 1 aromatic carbocycles. The standard InChI is InChI=1S/C18H25F3N2O4S/c1-3-23(4-2)28(26,27)14-8-9-16(24)15(11-14)22-17(25)12-6-5-7-13(10-12)18(19,20)21/h8-9,11-13,24H,3-7,10H2,1-2H3,(H,22,25). The summed E-state index contributed by atoms with van der Waals surface area (Å²) in [5.74, 6) is -3.38. The van der Waals surface area contributed by atoms with Crippen molar-refractivity contribution in [3.05, 3.63) is 18.2 Å². The number of hydrogen-bond donors (Lipinski definition) is 2. The fraction of sp³-hybridized carbons (Fsp3) is 0.611. The van der Waals surface area contributed by atoms with Gasteiger partial charge in [-0.25, -0.2) is 8.42 Å². The van der Waals surface area contributed by atoms with Gasteiger partial charge in [0.15, 0.2) is 0 Å². The number of phenolic OH excluding ortho intramolecular Hbond substituents is 1. The molecule has 6 nitrogen and oxygen atoms in total. The van der Waals surface area contributed by atoms with Crippen LogP contribution in [0.1, 0.15) is 39.5 Å². The summed E-state index contributed by atoms with van der Waals surface area (Å²) in [4.78, 5) is 12.3. The number of carbonyl (C=O) groups excluding carboxylic acids is 1. The van der Waals surface area contributed by atoms with E-state index in [9.17, 15) is 31.5 Å². The minimum Gasteiger partial charge on any atom is -0.506 e. The van der Waals surface area contributed by atoms with Gasteiger partial charge in [-0.05, 0) is 37.5 Å². The van der Waals surface area contributed by atoms with E-state index in [2.05, 4.69) is 5.32 Å². The number of phenols is 1. The predicted molar refractivity (Wildman–Crippen MR) is 98.3 cm³/mol. The Morgan fingerprint density at radius 2 is 1.89 bits per heavy atom. The molecule has 0 aromatic heterocycles. The van der Waals surface area contributed by atoms with Crippen molar-refractivity contribution in [2.45, 2.75) is 50.6 Å². The molecule has 1 amide bonds. The lowest BCUT2D eigenvalue weighted by Crippen LogP contribution is -2.34. The van der Waals surface area contributed by atoms with Gasteiger partial charge in [0.25, 0.3) is 0 Å². The van der Waals surface area contributed by atoms with Crippen molar-refractivity contribution < 1.29 is 31.5 Å². The van der Waals surface area contributed by atoms with Crippen LogP contribution in [-0.4, -0.2) is 43.0 Å². The highest BCUT2D eigenvalue weighted by Crippen LogP contribution is 2.40. The van der Waals surface area contributed by atoms with Crippen LogP contribution >= 0.6 is 0 Å². The Hall–Kier alpha value is -1.81. The van der Waals surface area contributed by atoms with E-state index in [1.807, 2.05) is 0 Å². The van der Waals surface area contributed by atoms with Crippen LogP contribution in [0.5, 0.6) is 5.75 Å². The van der Waals surface area contributed by atoms with Crippen molar-refractivity contribution in [3.63, 3.8) is 0 Å². The van der Waals surface area contributed by atoms with Gasteiger partial charge in [-0.2, -0.15) is 17.5 Å². The number of sulfonamides is 1. The number of anilines is 1. The van der Waals surface area contributed by atoms with Crippen LogP contribution in [0.3, 0.4) is 0 Å². The number of hydrogen-bond acceptors (Lipinski definition) is 4. The second-order valence-electron chi connectivity index (χ2n) is 6.86. The van der Waals surface area contributed by atoms with Gasteiger partial charge in [0.1, 0.15) is 5.75 Å². The molecule has 0 saturated heterocycles. The average Bonchev–Trinajstić information content (AvgIpc) is 2.63. The molecule has 1 aliphatic carbocycles. The second-order valence-corrected chi connectivity index (χ2v) is 8.80. The molecule has 2 N–H and O–H groups in total. The van der Waals surface area contributed by atoms with Crippen molar-refractivity contribution in [1.82, 2.24) is 4.31 Å². The number of halogens is 3. The lowest BCUT2D eigenvalue weighted by Gasteiger charge is -2.29. The Morgan fingerprint density at radius 3 is 2.46 bits per heavy atom. The lowest BCUT2D eigenvalue weighted by atomic mass is 9.80. The van der Waals surface area contributed by atoms with Gasteiger partial charge < -0.3 is 10.4 Å². The third-order valence-corrected chi connectivity index (χ3v) is 7.12. The highest BCUT2D eigenvalue weighted by atomic mass is 32.2. The molecule has 2 unspecified atom stereocenters. The maximum Gasteiger partial charge on any atom is 0.391 e. The first kappa shape index (κ1) is 22.5. The quantitative estimate of drug-likeness (QED) is 0.684. The highest BCUT2D eigenvalue weighted by Gasteiger charge is 2.43. The molecular weight excluding hydrogens is 397 g/mol. The first-order valence-electron chi connectivity index (χ1n) is 9.21. The summed E-state index contributed by atoms with van der Waals surface area (Å²) in [5, 5.41) is 12.4. The van der Waals surface area contributed by atoms with Crippen LogP contribution in [0.4, 0.5) is 18.9 Å².